The third-order valence-electron chi connectivity index (χ3n) is 3.61. The molecule has 1 heterocycles. The Hall–Kier alpha value is -2.79. The van der Waals surface area contributed by atoms with E-state index in [0.29, 0.717) is 17.1 Å². The first-order valence-electron chi connectivity index (χ1n) is 7.39. The number of amides is 1. The van der Waals surface area contributed by atoms with Gasteiger partial charge in [0.25, 0.3) is 5.91 Å². The van der Waals surface area contributed by atoms with Gasteiger partial charge in [0.1, 0.15) is 0 Å². The summed E-state index contributed by atoms with van der Waals surface area (Å²) in [6.45, 7) is 0. The standard InChI is InChI=1S/C19H17NO3S/c1-22-16-10-9-13(12-17(16)23-2)19(21)20-15-7-4-3-6-14(15)18-8-5-11-24-18/h3-12H,1-2H3,(H,20,21). The van der Waals surface area contributed by atoms with Gasteiger partial charge in [0, 0.05) is 21.7 Å². The highest BCUT2D eigenvalue weighted by atomic mass is 32.1. The Balaban J connectivity index is 1.88. The lowest BCUT2D eigenvalue weighted by molar-refractivity contribution is 0.102. The summed E-state index contributed by atoms with van der Waals surface area (Å²) in [6, 6.07) is 16.9. The van der Waals surface area contributed by atoms with Crippen molar-refractivity contribution in [3.05, 3.63) is 65.5 Å². The average molecular weight is 339 g/mol. The van der Waals surface area contributed by atoms with Crippen LogP contribution in [0.4, 0.5) is 5.69 Å². The van der Waals surface area contributed by atoms with Gasteiger partial charge in [-0.25, -0.2) is 0 Å². The minimum atomic E-state index is -0.194. The van der Waals surface area contributed by atoms with E-state index in [0.717, 1.165) is 16.1 Å². The van der Waals surface area contributed by atoms with E-state index in [-0.39, 0.29) is 5.91 Å². The van der Waals surface area contributed by atoms with Crippen molar-refractivity contribution in [2.24, 2.45) is 0 Å². The van der Waals surface area contributed by atoms with Crippen LogP contribution in [0.25, 0.3) is 10.4 Å². The van der Waals surface area contributed by atoms with E-state index >= 15 is 0 Å². The van der Waals surface area contributed by atoms with Gasteiger partial charge >= 0.3 is 0 Å². The molecule has 0 saturated heterocycles. The maximum Gasteiger partial charge on any atom is 0.255 e. The minimum Gasteiger partial charge on any atom is -0.493 e. The molecule has 0 aliphatic rings. The van der Waals surface area contributed by atoms with E-state index in [2.05, 4.69) is 5.32 Å². The number of carbonyl (C=O) groups excluding carboxylic acids is 1. The molecule has 0 saturated carbocycles. The highest BCUT2D eigenvalue weighted by Crippen LogP contribution is 2.32. The number of para-hydroxylation sites is 1. The fourth-order valence-corrected chi connectivity index (χ4v) is 3.18. The molecule has 5 heteroatoms. The van der Waals surface area contributed by atoms with Crippen molar-refractivity contribution in [3.8, 4) is 21.9 Å². The van der Waals surface area contributed by atoms with Crippen LogP contribution in [0.1, 0.15) is 10.4 Å². The highest BCUT2D eigenvalue weighted by molar-refractivity contribution is 7.13. The third kappa shape index (κ3) is 3.26. The molecule has 0 bridgehead atoms. The van der Waals surface area contributed by atoms with Gasteiger partial charge in [-0.05, 0) is 35.7 Å². The number of benzene rings is 2. The van der Waals surface area contributed by atoms with Crippen molar-refractivity contribution in [1.82, 2.24) is 0 Å². The van der Waals surface area contributed by atoms with Crippen molar-refractivity contribution < 1.29 is 14.3 Å². The lowest BCUT2D eigenvalue weighted by Crippen LogP contribution is -2.12. The molecule has 1 aromatic heterocycles. The largest absolute Gasteiger partial charge is 0.493 e. The summed E-state index contributed by atoms with van der Waals surface area (Å²) in [5.41, 5.74) is 2.29. The van der Waals surface area contributed by atoms with Crippen LogP contribution in [0.3, 0.4) is 0 Å². The molecule has 0 aliphatic carbocycles. The van der Waals surface area contributed by atoms with Gasteiger partial charge in [0.15, 0.2) is 11.5 Å². The fourth-order valence-electron chi connectivity index (χ4n) is 2.41. The number of nitrogens with one attached hydrogen (secondary N) is 1. The number of rotatable bonds is 5. The summed E-state index contributed by atoms with van der Waals surface area (Å²) in [5.74, 6) is 0.921. The lowest BCUT2D eigenvalue weighted by atomic mass is 10.1. The molecule has 0 unspecified atom stereocenters. The number of hydrogen-bond donors (Lipinski definition) is 1. The number of thiophene rings is 1. The van der Waals surface area contributed by atoms with Crippen LogP contribution in [-0.2, 0) is 0 Å². The van der Waals surface area contributed by atoms with Crippen LogP contribution in [0.5, 0.6) is 11.5 Å². The Labute approximate surface area is 144 Å². The molecular weight excluding hydrogens is 322 g/mol. The van der Waals surface area contributed by atoms with Crippen LogP contribution in [0, 0.1) is 0 Å². The van der Waals surface area contributed by atoms with Crippen molar-refractivity contribution in [3.63, 3.8) is 0 Å². The summed E-state index contributed by atoms with van der Waals surface area (Å²) in [7, 11) is 3.11. The number of anilines is 1. The van der Waals surface area contributed by atoms with Crippen molar-refractivity contribution in [2.45, 2.75) is 0 Å². The second-order valence-corrected chi connectivity index (χ2v) is 5.99. The Bertz CT molecular complexity index is 844. The van der Waals surface area contributed by atoms with E-state index in [1.807, 2.05) is 41.8 Å². The van der Waals surface area contributed by atoms with Crippen LogP contribution in [0.2, 0.25) is 0 Å². The van der Waals surface area contributed by atoms with Crippen LogP contribution in [0.15, 0.2) is 60.0 Å². The topological polar surface area (TPSA) is 47.6 Å². The zero-order chi connectivity index (χ0) is 16.9. The molecule has 0 aliphatic heterocycles. The van der Waals surface area contributed by atoms with Gasteiger partial charge in [-0.1, -0.05) is 24.3 Å². The smallest absolute Gasteiger partial charge is 0.255 e. The molecule has 122 valence electrons. The van der Waals surface area contributed by atoms with E-state index in [1.54, 1.807) is 43.8 Å². The summed E-state index contributed by atoms with van der Waals surface area (Å²) >= 11 is 1.64. The first kappa shape index (κ1) is 16.1. The average Bonchev–Trinajstić information content (AvgIpc) is 3.16. The second-order valence-electron chi connectivity index (χ2n) is 5.05. The Morgan fingerprint density at radius 2 is 1.75 bits per heavy atom. The molecule has 1 N–H and O–H groups in total. The Kier molecular flexibility index (Phi) is 4.82. The predicted octanol–water partition coefficient (Wildman–Crippen LogP) is 4.68. The van der Waals surface area contributed by atoms with Gasteiger partial charge in [-0.3, -0.25) is 4.79 Å². The van der Waals surface area contributed by atoms with Crippen LogP contribution >= 0.6 is 11.3 Å². The van der Waals surface area contributed by atoms with Crippen LogP contribution < -0.4 is 14.8 Å². The van der Waals surface area contributed by atoms with E-state index in [1.165, 1.54) is 0 Å². The van der Waals surface area contributed by atoms with Gasteiger partial charge in [-0.15, -0.1) is 11.3 Å². The quantitative estimate of drug-likeness (QED) is 0.734. The van der Waals surface area contributed by atoms with Crippen molar-refractivity contribution >= 4 is 22.9 Å². The zero-order valence-corrected chi connectivity index (χ0v) is 14.2. The summed E-state index contributed by atoms with van der Waals surface area (Å²) in [4.78, 5) is 13.7. The van der Waals surface area contributed by atoms with Gasteiger partial charge < -0.3 is 14.8 Å². The summed E-state index contributed by atoms with van der Waals surface area (Å²) < 4.78 is 10.5. The molecule has 0 spiro atoms. The lowest BCUT2D eigenvalue weighted by Gasteiger charge is -2.12. The number of methoxy groups -OCH3 is 2. The summed E-state index contributed by atoms with van der Waals surface area (Å²) in [5, 5.41) is 4.99. The SMILES string of the molecule is COc1ccc(C(=O)Nc2ccccc2-c2cccs2)cc1OC. The first-order chi connectivity index (χ1) is 11.7. The highest BCUT2D eigenvalue weighted by Gasteiger charge is 2.13. The van der Waals surface area contributed by atoms with Crippen LogP contribution in [-0.4, -0.2) is 20.1 Å². The van der Waals surface area contributed by atoms with E-state index in [9.17, 15) is 4.79 Å². The molecule has 3 rings (SSSR count). The molecule has 2 aromatic carbocycles. The molecule has 3 aromatic rings. The normalized spacial score (nSPS) is 10.2. The molecule has 24 heavy (non-hydrogen) atoms. The molecule has 4 nitrogen and oxygen atoms in total. The monoisotopic (exact) mass is 339 g/mol. The van der Waals surface area contributed by atoms with E-state index in [4.69, 9.17) is 9.47 Å². The second kappa shape index (κ2) is 7.19. The molecule has 0 atom stereocenters. The number of hydrogen-bond acceptors (Lipinski definition) is 4. The fraction of sp³-hybridized carbons (Fsp3) is 0.105. The maximum atomic E-state index is 12.6. The minimum absolute atomic E-state index is 0.194. The third-order valence-corrected chi connectivity index (χ3v) is 4.51. The molecular formula is C19H17NO3S. The molecule has 0 radical (unpaired) electrons. The summed E-state index contributed by atoms with van der Waals surface area (Å²) in [6.07, 6.45) is 0. The number of carbonyl (C=O) groups is 1. The molecule has 0 fully saturated rings. The predicted molar refractivity (Wildman–Crippen MR) is 97.3 cm³/mol. The maximum absolute atomic E-state index is 12.6. The molecule has 1 amide bonds. The number of ether oxygens (including phenoxy) is 2. The van der Waals surface area contributed by atoms with E-state index < -0.39 is 0 Å². The first-order valence-corrected chi connectivity index (χ1v) is 8.27. The van der Waals surface area contributed by atoms with Crippen molar-refractivity contribution in [2.75, 3.05) is 19.5 Å². The van der Waals surface area contributed by atoms with Crippen molar-refractivity contribution in [1.29, 1.82) is 0 Å². The van der Waals surface area contributed by atoms with Gasteiger partial charge in [-0.2, -0.15) is 0 Å². The zero-order valence-electron chi connectivity index (χ0n) is 13.4. The Morgan fingerprint density at radius 3 is 2.46 bits per heavy atom. The van der Waals surface area contributed by atoms with Gasteiger partial charge in [0.05, 0.1) is 14.2 Å². The Morgan fingerprint density at radius 1 is 0.958 bits per heavy atom. The van der Waals surface area contributed by atoms with Gasteiger partial charge in [0.2, 0.25) is 0 Å².